The van der Waals surface area contributed by atoms with Gasteiger partial charge in [0.15, 0.2) is 0 Å². The molecule has 2 aliphatic rings. The van der Waals surface area contributed by atoms with Crippen LogP contribution in [0.15, 0.2) is 29.9 Å². The Balaban J connectivity index is 1.53. The fourth-order valence-corrected chi connectivity index (χ4v) is 2.63. The number of nitrogens with zero attached hydrogens (tertiary/aromatic N) is 2. The van der Waals surface area contributed by atoms with E-state index in [0.29, 0.717) is 31.2 Å². The van der Waals surface area contributed by atoms with E-state index in [4.69, 9.17) is 14.0 Å². The molecule has 0 aromatic carbocycles. The van der Waals surface area contributed by atoms with Gasteiger partial charge in [0.05, 0.1) is 24.0 Å². The Kier molecular flexibility index (Phi) is 4.18. The van der Waals surface area contributed by atoms with E-state index in [1.165, 1.54) is 0 Å². The van der Waals surface area contributed by atoms with Crippen LogP contribution >= 0.6 is 0 Å². The molecule has 0 atom stereocenters. The second kappa shape index (κ2) is 5.87. The molecule has 1 aromatic rings. The molecule has 0 N–H and O–H groups in total. The summed E-state index contributed by atoms with van der Waals surface area (Å²) in [4.78, 5) is 7.99. The molecular weight excluding hydrogens is 298 g/mol. The first kappa shape index (κ1) is 16.4. The summed E-state index contributed by atoms with van der Waals surface area (Å²) in [5.41, 5.74) is -0.558. The summed E-state index contributed by atoms with van der Waals surface area (Å²) in [6, 6.07) is 0. The summed E-state index contributed by atoms with van der Waals surface area (Å²) in [5, 5.41) is 0. The van der Waals surface area contributed by atoms with Crippen molar-refractivity contribution in [1.82, 2.24) is 9.97 Å². The first-order valence-corrected chi connectivity index (χ1v) is 7.90. The van der Waals surface area contributed by atoms with Gasteiger partial charge in [-0.15, -0.1) is 0 Å². The summed E-state index contributed by atoms with van der Waals surface area (Å²) < 4.78 is 31.6. The van der Waals surface area contributed by atoms with Gasteiger partial charge in [-0.25, -0.2) is 9.37 Å². The zero-order valence-electron chi connectivity index (χ0n) is 14.0. The van der Waals surface area contributed by atoms with E-state index < -0.39 is 18.3 Å². The van der Waals surface area contributed by atoms with Crippen molar-refractivity contribution in [2.45, 2.75) is 51.7 Å². The Bertz CT molecular complexity index is 583. The number of hydrogen-bond donors (Lipinski definition) is 0. The van der Waals surface area contributed by atoms with Crippen LogP contribution in [0.4, 0.5) is 4.39 Å². The SMILES string of the molecule is CC1(C)OB(C(F)=C2CC(COc3cnccn3)C2)OC1(C)C. The highest BCUT2D eigenvalue weighted by atomic mass is 19.1. The average molecular weight is 320 g/mol. The van der Waals surface area contributed by atoms with Crippen LogP contribution in [0.25, 0.3) is 0 Å². The molecule has 1 saturated heterocycles. The molecule has 5 nitrogen and oxygen atoms in total. The molecule has 3 rings (SSSR count). The van der Waals surface area contributed by atoms with E-state index in [-0.39, 0.29) is 5.73 Å². The molecule has 2 heterocycles. The van der Waals surface area contributed by atoms with Gasteiger partial charge in [0.2, 0.25) is 5.88 Å². The highest BCUT2D eigenvalue weighted by molar-refractivity contribution is 6.53. The van der Waals surface area contributed by atoms with Crippen LogP contribution in [0.1, 0.15) is 40.5 Å². The van der Waals surface area contributed by atoms with Crippen molar-refractivity contribution in [2.75, 3.05) is 6.61 Å². The van der Waals surface area contributed by atoms with Crippen molar-refractivity contribution in [3.05, 3.63) is 29.9 Å². The topological polar surface area (TPSA) is 53.5 Å². The Hall–Kier alpha value is -1.47. The van der Waals surface area contributed by atoms with Gasteiger partial charge in [-0.1, -0.05) is 0 Å². The van der Waals surface area contributed by atoms with Gasteiger partial charge in [0, 0.05) is 18.3 Å². The summed E-state index contributed by atoms with van der Waals surface area (Å²) in [7, 11) is -0.892. The number of halogens is 1. The second-order valence-corrected chi connectivity index (χ2v) is 7.17. The molecule has 2 fully saturated rings. The molecule has 1 aliphatic carbocycles. The summed E-state index contributed by atoms with van der Waals surface area (Å²) in [6.45, 7) is 8.19. The molecule has 1 aliphatic heterocycles. The van der Waals surface area contributed by atoms with E-state index in [2.05, 4.69) is 9.97 Å². The molecular formula is C16H22BFN2O3. The van der Waals surface area contributed by atoms with E-state index >= 15 is 0 Å². The quantitative estimate of drug-likeness (QED) is 0.798. The number of ether oxygens (including phenoxy) is 1. The van der Waals surface area contributed by atoms with Gasteiger partial charge >= 0.3 is 7.12 Å². The lowest BCUT2D eigenvalue weighted by molar-refractivity contribution is 0.00578. The van der Waals surface area contributed by atoms with E-state index in [1.807, 2.05) is 27.7 Å². The van der Waals surface area contributed by atoms with Gasteiger partial charge in [0.1, 0.15) is 5.73 Å². The monoisotopic (exact) mass is 320 g/mol. The molecule has 7 heteroatoms. The lowest BCUT2D eigenvalue weighted by atomic mass is 9.73. The van der Waals surface area contributed by atoms with E-state index in [0.717, 1.165) is 5.57 Å². The highest BCUT2D eigenvalue weighted by Gasteiger charge is 2.54. The number of aromatic nitrogens is 2. The summed E-state index contributed by atoms with van der Waals surface area (Å²) in [5.74, 6) is 0.788. The van der Waals surface area contributed by atoms with Crippen LogP contribution in [0.5, 0.6) is 5.88 Å². The Morgan fingerprint density at radius 2 is 1.91 bits per heavy atom. The summed E-state index contributed by atoms with van der Waals surface area (Å²) >= 11 is 0. The fourth-order valence-electron chi connectivity index (χ4n) is 2.63. The molecule has 124 valence electrons. The molecule has 0 bridgehead atoms. The fraction of sp³-hybridized carbons (Fsp3) is 0.625. The Labute approximate surface area is 136 Å². The third-order valence-corrected chi connectivity index (χ3v) is 4.87. The van der Waals surface area contributed by atoms with E-state index in [9.17, 15) is 4.39 Å². The molecule has 0 amide bonds. The third kappa shape index (κ3) is 3.26. The maximum atomic E-state index is 14.5. The first-order chi connectivity index (χ1) is 10.8. The zero-order valence-corrected chi connectivity index (χ0v) is 14.0. The molecule has 0 unspecified atom stereocenters. The molecule has 0 radical (unpaired) electrons. The van der Waals surface area contributed by atoms with Crippen LogP contribution in [0, 0.1) is 5.92 Å². The second-order valence-electron chi connectivity index (χ2n) is 7.17. The predicted molar refractivity (Wildman–Crippen MR) is 84.5 cm³/mol. The lowest BCUT2D eigenvalue weighted by Crippen LogP contribution is -2.41. The smallest absolute Gasteiger partial charge is 0.476 e. The predicted octanol–water partition coefficient (Wildman–Crippen LogP) is 3.12. The van der Waals surface area contributed by atoms with Crippen molar-refractivity contribution in [3.8, 4) is 5.88 Å². The van der Waals surface area contributed by atoms with Crippen LogP contribution < -0.4 is 4.74 Å². The van der Waals surface area contributed by atoms with Gasteiger partial charge in [0.25, 0.3) is 0 Å². The molecule has 1 saturated carbocycles. The van der Waals surface area contributed by atoms with Gasteiger partial charge in [-0.05, 0) is 46.1 Å². The average Bonchev–Trinajstić information content (AvgIpc) is 2.66. The number of allylic oxidation sites excluding steroid dienone is 1. The minimum atomic E-state index is -0.892. The number of hydrogen-bond acceptors (Lipinski definition) is 5. The maximum Gasteiger partial charge on any atom is 0.525 e. The van der Waals surface area contributed by atoms with Crippen molar-refractivity contribution in [3.63, 3.8) is 0 Å². The van der Waals surface area contributed by atoms with Crippen molar-refractivity contribution in [1.29, 1.82) is 0 Å². The Morgan fingerprint density at radius 3 is 2.48 bits per heavy atom. The minimum absolute atomic E-state index is 0.278. The minimum Gasteiger partial charge on any atom is -0.476 e. The van der Waals surface area contributed by atoms with Crippen LogP contribution in [-0.4, -0.2) is 34.9 Å². The van der Waals surface area contributed by atoms with Gasteiger partial charge in [-0.2, -0.15) is 0 Å². The largest absolute Gasteiger partial charge is 0.525 e. The van der Waals surface area contributed by atoms with E-state index in [1.54, 1.807) is 18.6 Å². The molecule has 1 aromatic heterocycles. The normalized spacial score (nSPS) is 25.2. The van der Waals surface area contributed by atoms with Crippen molar-refractivity contribution >= 4 is 7.12 Å². The van der Waals surface area contributed by atoms with Crippen LogP contribution in [0.3, 0.4) is 0 Å². The standard InChI is InChI=1S/C16H22BFN2O3/c1-15(2)16(3,4)23-17(22-15)14(18)12-7-11(8-12)10-21-13-9-19-5-6-20-13/h5-6,9,11H,7-8,10H2,1-4H3. The molecule has 0 spiro atoms. The molecule has 23 heavy (non-hydrogen) atoms. The van der Waals surface area contributed by atoms with Crippen LogP contribution in [-0.2, 0) is 9.31 Å². The van der Waals surface area contributed by atoms with Crippen molar-refractivity contribution < 1.29 is 18.4 Å². The van der Waals surface area contributed by atoms with Gasteiger partial charge < -0.3 is 14.0 Å². The maximum absolute atomic E-state index is 14.5. The number of rotatable bonds is 4. The Morgan fingerprint density at radius 1 is 1.26 bits per heavy atom. The summed E-state index contributed by atoms with van der Waals surface area (Å²) in [6.07, 6.45) is 6.07. The zero-order chi connectivity index (χ0) is 16.7. The van der Waals surface area contributed by atoms with Gasteiger partial charge in [-0.3, -0.25) is 4.98 Å². The third-order valence-electron chi connectivity index (χ3n) is 4.87. The highest BCUT2D eigenvalue weighted by Crippen LogP contribution is 2.43. The first-order valence-electron chi connectivity index (χ1n) is 7.90. The van der Waals surface area contributed by atoms with Crippen LogP contribution in [0.2, 0.25) is 0 Å². The lowest BCUT2D eigenvalue weighted by Gasteiger charge is -2.32. The van der Waals surface area contributed by atoms with Crippen molar-refractivity contribution in [2.24, 2.45) is 5.92 Å².